The maximum atomic E-state index is 13.5. The number of ether oxygens (including phenoxy) is 1. The molecule has 0 amide bonds. The van der Waals surface area contributed by atoms with Crippen LogP contribution < -0.4 is 4.74 Å². The molecule has 0 fully saturated rings. The van der Waals surface area contributed by atoms with E-state index < -0.39 is 17.6 Å². The number of carbonyl (C=O) groups excluding carboxylic acids is 1. The summed E-state index contributed by atoms with van der Waals surface area (Å²) in [5, 5.41) is 0.871. The molecule has 2 aliphatic rings. The molecule has 2 aromatic carbocycles. The number of fused-ring (bicyclic) bond motifs is 4. The smallest absolute Gasteiger partial charge is 0.178 e. The monoisotopic (exact) mass is 552 g/mol. The van der Waals surface area contributed by atoms with Gasteiger partial charge in [0, 0.05) is 31.1 Å². The van der Waals surface area contributed by atoms with Crippen LogP contribution in [0.2, 0.25) is 0 Å². The van der Waals surface area contributed by atoms with Crippen molar-refractivity contribution in [2.75, 3.05) is 0 Å². The van der Waals surface area contributed by atoms with Crippen LogP contribution in [-0.2, 0) is 0 Å². The standard InChI is InChI=1S/C17H10F2O2.C2H6.U/c18-12-7-9-5-6-15-16(11(9)8-13(12)19)17(20)10-3-1-2-4-14(10)21-15;1-2;/h1-8,10,14H;1-2H3;. The van der Waals surface area contributed by atoms with Crippen molar-refractivity contribution in [2.45, 2.75) is 20.0 Å². The molecule has 24 heavy (non-hydrogen) atoms. The summed E-state index contributed by atoms with van der Waals surface area (Å²) < 4.78 is 32.7. The van der Waals surface area contributed by atoms with Crippen molar-refractivity contribution >= 4 is 16.6 Å². The average Bonchev–Trinajstić information content (AvgIpc) is 2.58. The van der Waals surface area contributed by atoms with Gasteiger partial charge in [-0.25, -0.2) is 8.78 Å². The van der Waals surface area contributed by atoms with Crippen molar-refractivity contribution in [3.8, 4) is 5.75 Å². The summed E-state index contributed by atoms with van der Waals surface area (Å²) in [6.45, 7) is 4.00. The number of benzene rings is 2. The van der Waals surface area contributed by atoms with Gasteiger partial charge in [0.1, 0.15) is 11.9 Å². The number of hydrogen-bond donors (Lipinski definition) is 0. The van der Waals surface area contributed by atoms with E-state index in [1.165, 1.54) is 0 Å². The fourth-order valence-corrected chi connectivity index (χ4v) is 2.90. The number of Topliss-reactive ketones (excluding diaryl/α,β-unsaturated/α-hetero) is 1. The van der Waals surface area contributed by atoms with Crippen LogP contribution >= 0.6 is 0 Å². The van der Waals surface area contributed by atoms with E-state index >= 15 is 0 Å². The molecule has 0 aromatic heterocycles. The summed E-state index contributed by atoms with van der Waals surface area (Å²) >= 11 is 0. The van der Waals surface area contributed by atoms with Gasteiger partial charge in [0.2, 0.25) is 0 Å². The third-order valence-corrected chi connectivity index (χ3v) is 3.92. The molecular formula is C19H16F2O2U. The van der Waals surface area contributed by atoms with Crippen LogP contribution in [-0.4, -0.2) is 11.9 Å². The first-order valence-corrected chi connectivity index (χ1v) is 7.63. The zero-order valence-corrected chi connectivity index (χ0v) is 17.5. The van der Waals surface area contributed by atoms with E-state index in [1.807, 2.05) is 26.0 Å². The van der Waals surface area contributed by atoms with Gasteiger partial charge in [-0.05, 0) is 35.0 Å². The molecule has 4 rings (SSSR count). The van der Waals surface area contributed by atoms with E-state index in [2.05, 4.69) is 0 Å². The molecule has 0 N–H and O–H groups in total. The fourth-order valence-electron chi connectivity index (χ4n) is 2.90. The van der Waals surface area contributed by atoms with Crippen LogP contribution in [0.3, 0.4) is 0 Å². The fraction of sp³-hybridized carbons (Fsp3) is 0.211. The second-order valence-electron chi connectivity index (χ2n) is 5.17. The van der Waals surface area contributed by atoms with Gasteiger partial charge in [-0.15, -0.1) is 0 Å². The quantitative estimate of drug-likeness (QED) is 0.469. The Bertz CT molecular complexity index is 843. The van der Waals surface area contributed by atoms with Gasteiger partial charge in [-0.1, -0.05) is 38.1 Å². The van der Waals surface area contributed by atoms with Gasteiger partial charge in [0.25, 0.3) is 0 Å². The van der Waals surface area contributed by atoms with E-state index in [1.54, 1.807) is 24.3 Å². The Morgan fingerprint density at radius 1 is 1.00 bits per heavy atom. The van der Waals surface area contributed by atoms with Crippen molar-refractivity contribution in [1.82, 2.24) is 0 Å². The molecule has 5 heteroatoms. The second-order valence-corrected chi connectivity index (χ2v) is 5.17. The van der Waals surface area contributed by atoms with E-state index in [0.717, 1.165) is 12.1 Å². The number of carbonyl (C=O) groups is 1. The minimum Gasteiger partial charge on any atom is -0.484 e. The molecule has 2 atom stereocenters. The third kappa shape index (κ3) is 3.08. The number of allylic oxidation sites excluding steroid dienone is 2. The summed E-state index contributed by atoms with van der Waals surface area (Å²) in [5.74, 6) is -2.02. The number of hydrogen-bond acceptors (Lipinski definition) is 2. The van der Waals surface area contributed by atoms with Gasteiger partial charge >= 0.3 is 0 Å². The molecule has 0 saturated heterocycles. The number of halogens is 2. The van der Waals surface area contributed by atoms with E-state index in [0.29, 0.717) is 22.1 Å². The van der Waals surface area contributed by atoms with Gasteiger partial charge in [0.15, 0.2) is 17.4 Å². The van der Waals surface area contributed by atoms with E-state index in [9.17, 15) is 13.6 Å². The Labute approximate surface area is 162 Å². The summed E-state index contributed by atoms with van der Waals surface area (Å²) in [4.78, 5) is 12.7. The molecule has 0 radical (unpaired) electrons. The van der Waals surface area contributed by atoms with Gasteiger partial charge in [0.05, 0.1) is 11.5 Å². The van der Waals surface area contributed by atoms with Gasteiger partial charge in [-0.3, -0.25) is 4.79 Å². The van der Waals surface area contributed by atoms with Crippen LogP contribution in [0.15, 0.2) is 48.6 Å². The maximum Gasteiger partial charge on any atom is 0.178 e. The number of rotatable bonds is 0. The predicted molar refractivity (Wildman–Crippen MR) is 85.7 cm³/mol. The second kappa shape index (κ2) is 7.63. The van der Waals surface area contributed by atoms with Crippen LogP contribution in [0.4, 0.5) is 8.78 Å². The molecule has 2 unspecified atom stereocenters. The number of ketones is 1. The molecule has 0 saturated carbocycles. The zero-order chi connectivity index (χ0) is 16.6. The Morgan fingerprint density at radius 2 is 1.67 bits per heavy atom. The Hall–Kier alpha value is -1.44. The zero-order valence-electron chi connectivity index (χ0n) is 13.3. The van der Waals surface area contributed by atoms with Crippen LogP contribution in [0.25, 0.3) is 10.8 Å². The summed E-state index contributed by atoms with van der Waals surface area (Å²) in [7, 11) is 0. The summed E-state index contributed by atoms with van der Waals surface area (Å²) in [6.07, 6.45) is 6.88. The molecule has 1 heterocycles. The van der Waals surface area contributed by atoms with Crippen molar-refractivity contribution in [1.29, 1.82) is 0 Å². The van der Waals surface area contributed by atoms with Crippen LogP contribution in [0, 0.1) is 48.7 Å². The molecular weight excluding hydrogens is 536 g/mol. The summed E-state index contributed by atoms with van der Waals surface area (Å²) in [6, 6.07) is 5.43. The first kappa shape index (κ1) is 18.9. The minimum atomic E-state index is -0.968. The third-order valence-electron chi connectivity index (χ3n) is 3.92. The molecule has 1 aliphatic carbocycles. The predicted octanol–water partition coefficient (Wildman–Crippen LogP) is 4.83. The van der Waals surface area contributed by atoms with Crippen LogP contribution in [0.5, 0.6) is 5.75 Å². The van der Waals surface area contributed by atoms with Crippen molar-refractivity contribution in [2.24, 2.45) is 5.92 Å². The summed E-state index contributed by atoms with van der Waals surface area (Å²) in [5.41, 5.74) is 0.326. The Morgan fingerprint density at radius 3 is 2.42 bits per heavy atom. The first-order chi connectivity index (χ1) is 11.1. The minimum absolute atomic E-state index is 0. The topological polar surface area (TPSA) is 26.3 Å². The molecule has 2 nitrogen and oxygen atoms in total. The Balaban J connectivity index is 0.000000670. The normalized spacial score (nSPS) is 20.2. The van der Waals surface area contributed by atoms with Gasteiger partial charge in [-0.2, -0.15) is 0 Å². The van der Waals surface area contributed by atoms with Crippen molar-refractivity contribution in [3.05, 3.63) is 65.8 Å². The molecule has 0 spiro atoms. The molecule has 2 aromatic rings. The van der Waals surface area contributed by atoms with Crippen molar-refractivity contribution in [3.63, 3.8) is 0 Å². The maximum absolute atomic E-state index is 13.5. The largest absolute Gasteiger partial charge is 0.484 e. The molecule has 1 aliphatic heterocycles. The first-order valence-electron chi connectivity index (χ1n) is 7.63. The molecule has 122 valence electrons. The van der Waals surface area contributed by atoms with Gasteiger partial charge < -0.3 is 4.74 Å². The van der Waals surface area contributed by atoms with Crippen LogP contribution in [0.1, 0.15) is 24.2 Å². The van der Waals surface area contributed by atoms with E-state index in [-0.39, 0.29) is 43.0 Å². The van der Waals surface area contributed by atoms with E-state index in [4.69, 9.17) is 4.74 Å². The van der Waals surface area contributed by atoms with Crippen molar-refractivity contribution < 1.29 is 49.4 Å². The molecule has 0 bridgehead atoms. The Kier molecular flexibility index (Phi) is 6.01. The average molecular weight is 552 g/mol. The SMILES string of the molecule is CC.O=C1c2c(ccc3cc(F)c(F)cc23)OC2C=CC=CC12.[U].